The number of likely N-dealkylation sites (tertiary alicyclic amines) is 1. The molecule has 0 bridgehead atoms. The first-order chi connectivity index (χ1) is 20.5. The van der Waals surface area contributed by atoms with Crippen molar-refractivity contribution in [1.29, 1.82) is 0 Å². The van der Waals surface area contributed by atoms with Gasteiger partial charge < -0.3 is 24.8 Å². The summed E-state index contributed by atoms with van der Waals surface area (Å²) in [6.45, 7) is 0.641. The highest BCUT2D eigenvalue weighted by Gasteiger charge is 2.35. The molecule has 0 aromatic heterocycles. The number of benzene rings is 2. The average Bonchev–Trinajstić information content (AvgIpc) is 3.50. The SMILES string of the molecule is COC[C@@H]1NC(=O)[C@@H](CC(=O)N2CCC[C@H]2CO)CC=CCCC[C@H](Cc2ccccc2)C(=O)O[C@H]1c1ccccc1. The molecule has 4 rings (SSSR count). The summed E-state index contributed by atoms with van der Waals surface area (Å²) in [5.74, 6) is -1.66. The molecule has 0 radical (unpaired) electrons. The highest BCUT2D eigenvalue weighted by Crippen LogP contribution is 2.28. The number of aliphatic hydroxyl groups is 1. The maximum atomic E-state index is 13.8. The number of esters is 1. The first-order valence-electron chi connectivity index (χ1n) is 15.1. The van der Waals surface area contributed by atoms with E-state index < -0.39 is 18.1 Å². The summed E-state index contributed by atoms with van der Waals surface area (Å²) in [7, 11) is 1.55. The minimum Gasteiger partial charge on any atom is -0.455 e. The van der Waals surface area contributed by atoms with Crippen molar-refractivity contribution >= 4 is 17.8 Å². The third-order valence-electron chi connectivity index (χ3n) is 8.28. The first kappa shape index (κ1) is 31.4. The molecule has 8 nitrogen and oxygen atoms in total. The third-order valence-corrected chi connectivity index (χ3v) is 8.28. The van der Waals surface area contributed by atoms with Gasteiger partial charge in [-0.1, -0.05) is 72.8 Å². The maximum Gasteiger partial charge on any atom is 0.309 e. The first-order valence-corrected chi connectivity index (χ1v) is 15.1. The van der Waals surface area contributed by atoms with Gasteiger partial charge in [0.2, 0.25) is 11.8 Å². The van der Waals surface area contributed by atoms with Crippen molar-refractivity contribution in [3.63, 3.8) is 0 Å². The van der Waals surface area contributed by atoms with Gasteiger partial charge in [-0.15, -0.1) is 0 Å². The van der Waals surface area contributed by atoms with Gasteiger partial charge in [-0.05, 0) is 56.1 Å². The van der Waals surface area contributed by atoms with Crippen LogP contribution in [-0.4, -0.2) is 66.7 Å². The summed E-state index contributed by atoms with van der Waals surface area (Å²) >= 11 is 0. The minimum absolute atomic E-state index is 0.0430. The number of carbonyl (C=O) groups is 3. The minimum atomic E-state index is -0.770. The van der Waals surface area contributed by atoms with E-state index in [-0.39, 0.29) is 49.4 Å². The molecular weight excluding hydrogens is 532 g/mol. The van der Waals surface area contributed by atoms with Crippen LogP contribution in [0.1, 0.15) is 62.2 Å². The van der Waals surface area contributed by atoms with E-state index in [9.17, 15) is 19.5 Å². The Labute approximate surface area is 249 Å². The summed E-state index contributed by atoms with van der Waals surface area (Å²) in [6.07, 6.45) is 8.10. The Balaban J connectivity index is 1.61. The zero-order chi connectivity index (χ0) is 29.7. The van der Waals surface area contributed by atoms with Crippen LogP contribution in [0.25, 0.3) is 0 Å². The standard InChI is InChI=1S/C34H44N2O6/c1-41-24-30-32(26-15-10-5-11-16-26)42-34(40)28(21-25-13-6-4-7-14-25)18-9-3-2-8-17-27(33(39)35-30)22-31(38)36-20-12-19-29(36)23-37/h2,4-8,10-11,13-16,27-30,32,37H,3,9,12,17-24H2,1H3,(H,35,39)/t27-,28-,29+,30+,32+/m1/s1. The molecule has 2 aromatic carbocycles. The van der Waals surface area contributed by atoms with Crippen LogP contribution in [-0.2, 0) is 30.3 Å². The summed E-state index contributed by atoms with van der Waals surface area (Å²) < 4.78 is 11.8. The van der Waals surface area contributed by atoms with Crippen molar-refractivity contribution in [3.05, 3.63) is 83.9 Å². The third kappa shape index (κ3) is 8.76. The zero-order valence-electron chi connectivity index (χ0n) is 24.5. The molecule has 1 fully saturated rings. The Bertz CT molecular complexity index is 1170. The fraction of sp³-hybridized carbons (Fsp3) is 0.500. The van der Waals surface area contributed by atoms with Gasteiger partial charge in [0, 0.05) is 20.1 Å². The van der Waals surface area contributed by atoms with E-state index in [1.807, 2.05) is 72.8 Å². The van der Waals surface area contributed by atoms with Crippen LogP contribution in [0.3, 0.4) is 0 Å². The second-order valence-corrected chi connectivity index (χ2v) is 11.3. The Morgan fingerprint density at radius 3 is 2.45 bits per heavy atom. The molecule has 0 spiro atoms. The van der Waals surface area contributed by atoms with Gasteiger partial charge in [0.05, 0.1) is 37.1 Å². The van der Waals surface area contributed by atoms with Crippen LogP contribution >= 0.6 is 0 Å². The number of carbonyl (C=O) groups excluding carboxylic acids is 3. The number of aliphatic hydroxyl groups excluding tert-OH is 1. The van der Waals surface area contributed by atoms with Crippen molar-refractivity contribution in [2.45, 2.75) is 69.6 Å². The van der Waals surface area contributed by atoms with Crippen LogP contribution in [0, 0.1) is 11.8 Å². The molecule has 2 amide bonds. The van der Waals surface area contributed by atoms with Crippen LogP contribution in [0.4, 0.5) is 0 Å². The van der Waals surface area contributed by atoms with Crippen molar-refractivity contribution in [2.24, 2.45) is 11.8 Å². The van der Waals surface area contributed by atoms with Crippen molar-refractivity contribution < 1.29 is 29.0 Å². The lowest BCUT2D eigenvalue weighted by Crippen LogP contribution is -2.47. The van der Waals surface area contributed by atoms with Gasteiger partial charge in [0.25, 0.3) is 0 Å². The number of rotatable bonds is 8. The number of methoxy groups -OCH3 is 1. The smallest absolute Gasteiger partial charge is 0.309 e. The Hall–Kier alpha value is -3.49. The van der Waals surface area contributed by atoms with Gasteiger partial charge in [0.15, 0.2) is 0 Å². The molecule has 5 atom stereocenters. The number of nitrogens with zero attached hydrogens (tertiary/aromatic N) is 1. The predicted molar refractivity (Wildman–Crippen MR) is 160 cm³/mol. The average molecular weight is 577 g/mol. The van der Waals surface area contributed by atoms with Crippen LogP contribution < -0.4 is 5.32 Å². The molecule has 2 aromatic rings. The molecule has 0 saturated carbocycles. The number of cyclic esters (lactones) is 1. The molecule has 2 N–H and O–H groups in total. The number of amides is 2. The highest BCUT2D eigenvalue weighted by molar-refractivity contribution is 5.86. The fourth-order valence-corrected chi connectivity index (χ4v) is 5.96. The van der Waals surface area contributed by atoms with Crippen molar-refractivity contribution in [1.82, 2.24) is 10.2 Å². The van der Waals surface area contributed by atoms with E-state index in [0.717, 1.165) is 36.8 Å². The Kier molecular flexibility index (Phi) is 12.1. The number of allylic oxidation sites excluding steroid dienone is 2. The van der Waals surface area contributed by atoms with E-state index in [1.54, 1.807) is 12.0 Å². The van der Waals surface area contributed by atoms with E-state index in [2.05, 4.69) is 5.32 Å². The lowest BCUT2D eigenvalue weighted by Gasteiger charge is -2.31. The molecule has 2 aliphatic heterocycles. The van der Waals surface area contributed by atoms with E-state index in [4.69, 9.17) is 9.47 Å². The molecule has 42 heavy (non-hydrogen) atoms. The van der Waals surface area contributed by atoms with Crippen LogP contribution in [0.2, 0.25) is 0 Å². The number of ether oxygens (including phenoxy) is 2. The largest absolute Gasteiger partial charge is 0.455 e. The van der Waals surface area contributed by atoms with E-state index in [1.165, 1.54) is 0 Å². The van der Waals surface area contributed by atoms with Gasteiger partial charge in [-0.2, -0.15) is 0 Å². The van der Waals surface area contributed by atoms with Crippen LogP contribution in [0.15, 0.2) is 72.8 Å². The molecule has 8 heteroatoms. The molecule has 2 heterocycles. The fourth-order valence-electron chi connectivity index (χ4n) is 5.96. The van der Waals surface area contributed by atoms with Crippen molar-refractivity contribution in [2.75, 3.05) is 26.9 Å². The molecule has 226 valence electrons. The predicted octanol–water partition coefficient (Wildman–Crippen LogP) is 4.38. The zero-order valence-corrected chi connectivity index (χ0v) is 24.5. The van der Waals surface area contributed by atoms with E-state index >= 15 is 0 Å². The molecule has 1 saturated heterocycles. The summed E-state index contributed by atoms with van der Waals surface area (Å²) in [5.41, 5.74) is 1.83. The van der Waals surface area contributed by atoms with Gasteiger partial charge in [-0.3, -0.25) is 14.4 Å². The second kappa shape index (κ2) is 16.2. The molecule has 0 unspecified atom stereocenters. The lowest BCUT2D eigenvalue weighted by atomic mass is 9.92. The monoisotopic (exact) mass is 576 g/mol. The van der Waals surface area contributed by atoms with Gasteiger partial charge in [-0.25, -0.2) is 0 Å². The van der Waals surface area contributed by atoms with Crippen LogP contribution in [0.5, 0.6) is 0 Å². The number of hydrogen-bond donors (Lipinski definition) is 2. The summed E-state index contributed by atoms with van der Waals surface area (Å²) in [4.78, 5) is 42.5. The quantitative estimate of drug-likeness (QED) is 0.357. The Morgan fingerprint density at radius 1 is 1.00 bits per heavy atom. The molecule has 0 aliphatic carbocycles. The topological polar surface area (TPSA) is 105 Å². The van der Waals surface area contributed by atoms with Gasteiger partial charge >= 0.3 is 5.97 Å². The normalized spacial score (nSPS) is 25.9. The summed E-state index contributed by atoms with van der Waals surface area (Å²) in [5, 5.41) is 12.8. The lowest BCUT2D eigenvalue weighted by molar-refractivity contribution is -0.158. The Morgan fingerprint density at radius 2 is 1.74 bits per heavy atom. The maximum absolute atomic E-state index is 13.8. The second-order valence-electron chi connectivity index (χ2n) is 11.3. The molecule has 2 aliphatic rings. The molecular formula is C34H44N2O6. The van der Waals surface area contributed by atoms with Crippen molar-refractivity contribution in [3.8, 4) is 0 Å². The van der Waals surface area contributed by atoms with Gasteiger partial charge in [0.1, 0.15) is 6.10 Å². The van der Waals surface area contributed by atoms with E-state index in [0.29, 0.717) is 25.8 Å². The number of nitrogens with one attached hydrogen (secondary N) is 1. The highest BCUT2D eigenvalue weighted by atomic mass is 16.5. The number of hydrogen-bond acceptors (Lipinski definition) is 6. The summed E-state index contributed by atoms with van der Waals surface area (Å²) in [6, 6.07) is 18.5.